The maximum absolute atomic E-state index is 13.2. The number of fused-ring (bicyclic) bond motifs is 1. The molecule has 0 atom stereocenters. The van der Waals surface area contributed by atoms with Crippen molar-refractivity contribution in [3.63, 3.8) is 0 Å². The highest BCUT2D eigenvalue weighted by atomic mass is 32.1. The van der Waals surface area contributed by atoms with Gasteiger partial charge in [0.25, 0.3) is 0 Å². The highest BCUT2D eigenvalue weighted by Crippen LogP contribution is 2.38. The number of carbonyl (C=O) groups excluding carboxylic acids is 1. The Bertz CT molecular complexity index is 1460. The minimum absolute atomic E-state index is 0.0216. The lowest BCUT2D eigenvalue weighted by Gasteiger charge is -2.29. The van der Waals surface area contributed by atoms with Crippen LogP contribution in [0.3, 0.4) is 0 Å². The summed E-state index contributed by atoms with van der Waals surface area (Å²) >= 11 is 2.67. The van der Waals surface area contributed by atoms with E-state index in [2.05, 4.69) is 28.4 Å². The first kappa shape index (κ1) is 23.7. The van der Waals surface area contributed by atoms with Gasteiger partial charge in [-0.1, -0.05) is 67.0 Å². The SMILES string of the molecule is C=Cc1nc(NC(=O)N2CCCc3ccc(-c4nc(C(=O)O)c(-c5ccccc5)s4)cc32)sc1C=C. The maximum atomic E-state index is 13.2. The number of aromatic nitrogens is 2. The molecule has 3 heterocycles. The summed E-state index contributed by atoms with van der Waals surface area (Å²) in [4.78, 5) is 37.2. The topological polar surface area (TPSA) is 95.4 Å². The molecule has 9 heteroatoms. The monoisotopic (exact) mass is 514 g/mol. The van der Waals surface area contributed by atoms with E-state index in [9.17, 15) is 14.7 Å². The number of urea groups is 1. The second-order valence-corrected chi connectivity index (χ2v) is 10.1. The Morgan fingerprint density at radius 3 is 2.53 bits per heavy atom. The van der Waals surface area contributed by atoms with Crippen LogP contribution in [0.5, 0.6) is 0 Å². The van der Waals surface area contributed by atoms with Crippen LogP contribution in [-0.2, 0) is 6.42 Å². The van der Waals surface area contributed by atoms with Crippen molar-refractivity contribution in [2.24, 2.45) is 0 Å². The van der Waals surface area contributed by atoms with Crippen molar-refractivity contribution in [2.75, 3.05) is 16.8 Å². The van der Waals surface area contributed by atoms with Gasteiger partial charge in [-0.2, -0.15) is 0 Å². The Hall–Kier alpha value is -4.08. The number of rotatable bonds is 6. The number of nitrogens with zero attached hydrogens (tertiary/aromatic N) is 3. The number of nitrogens with one attached hydrogen (secondary N) is 1. The highest BCUT2D eigenvalue weighted by molar-refractivity contribution is 7.18. The Kier molecular flexibility index (Phi) is 6.49. The molecule has 0 spiro atoms. The zero-order valence-corrected chi connectivity index (χ0v) is 20.9. The molecule has 7 nitrogen and oxygen atoms in total. The lowest BCUT2D eigenvalue weighted by Crippen LogP contribution is -2.38. The third kappa shape index (κ3) is 4.46. The predicted octanol–water partition coefficient (Wildman–Crippen LogP) is 6.90. The molecule has 0 aliphatic carbocycles. The van der Waals surface area contributed by atoms with Crippen molar-refractivity contribution in [2.45, 2.75) is 12.8 Å². The van der Waals surface area contributed by atoms with Crippen molar-refractivity contribution in [1.29, 1.82) is 0 Å². The number of amides is 2. The minimum Gasteiger partial charge on any atom is -0.476 e. The number of hydrogen-bond acceptors (Lipinski definition) is 6. The van der Waals surface area contributed by atoms with E-state index >= 15 is 0 Å². The molecule has 2 aromatic carbocycles. The number of benzene rings is 2. The molecule has 0 fully saturated rings. The summed E-state index contributed by atoms with van der Waals surface area (Å²) in [5, 5.41) is 13.7. The smallest absolute Gasteiger partial charge is 0.356 e. The van der Waals surface area contributed by atoms with E-state index < -0.39 is 5.97 Å². The zero-order chi connectivity index (χ0) is 25.2. The molecular formula is C27H22N4O3S2. The molecule has 1 aliphatic rings. The first-order valence-corrected chi connectivity index (χ1v) is 12.9. The van der Waals surface area contributed by atoms with E-state index in [-0.39, 0.29) is 11.7 Å². The summed E-state index contributed by atoms with van der Waals surface area (Å²) in [5.41, 5.74) is 4.11. The lowest BCUT2D eigenvalue weighted by atomic mass is 10.00. The second kappa shape index (κ2) is 9.88. The highest BCUT2D eigenvalue weighted by Gasteiger charge is 2.26. The van der Waals surface area contributed by atoms with Crippen LogP contribution in [0.2, 0.25) is 0 Å². The zero-order valence-electron chi connectivity index (χ0n) is 19.2. The molecule has 0 bridgehead atoms. The van der Waals surface area contributed by atoms with Crippen LogP contribution >= 0.6 is 22.7 Å². The second-order valence-electron chi connectivity index (χ2n) is 8.07. The van der Waals surface area contributed by atoms with Crippen LogP contribution in [0.25, 0.3) is 33.2 Å². The summed E-state index contributed by atoms with van der Waals surface area (Å²) in [6.45, 7) is 8.11. The summed E-state index contributed by atoms with van der Waals surface area (Å²) in [5.74, 6) is -1.07. The average molecular weight is 515 g/mol. The Balaban J connectivity index is 1.48. The Morgan fingerprint density at radius 2 is 1.83 bits per heavy atom. The van der Waals surface area contributed by atoms with Gasteiger partial charge < -0.3 is 5.11 Å². The number of aromatic carboxylic acids is 1. The third-order valence-electron chi connectivity index (χ3n) is 5.84. The van der Waals surface area contributed by atoms with E-state index in [4.69, 9.17) is 0 Å². The fourth-order valence-corrected chi connectivity index (χ4v) is 6.01. The van der Waals surface area contributed by atoms with E-state index in [1.165, 1.54) is 22.7 Å². The molecule has 5 rings (SSSR count). The summed E-state index contributed by atoms with van der Waals surface area (Å²) in [7, 11) is 0. The van der Waals surface area contributed by atoms with Crippen molar-refractivity contribution in [3.8, 4) is 21.0 Å². The number of thiazole rings is 2. The van der Waals surface area contributed by atoms with Crippen molar-refractivity contribution >= 4 is 57.6 Å². The molecule has 36 heavy (non-hydrogen) atoms. The molecule has 0 saturated heterocycles. The first-order chi connectivity index (χ1) is 17.5. The maximum Gasteiger partial charge on any atom is 0.356 e. The van der Waals surface area contributed by atoms with Gasteiger partial charge >= 0.3 is 12.0 Å². The molecule has 2 aromatic heterocycles. The fraction of sp³-hybridized carbons (Fsp3) is 0.111. The normalized spacial score (nSPS) is 12.6. The number of anilines is 2. The summed E-state index contributed by atoms with van der Waals surface area (Å²) in [6.07, 6.45) is 5.02. The number of carbonyl (C=O) groups is 2. The quantitative estimate of drug-likeness (QED) is 0.292. The van der Waals surface area contributed by atoms with E-state index in [1.807, 2.05) is 48.5 Å². The molecule has 0 saturated carbocycles. The molecule has 0 unspecified atom stereocenters. The minimum atomic E-state index is -1.07. The lowest BCUT2D eigenvalue weighted by molar-refractivity contribution is 0.0692. The largest absolute Gasteiger partial charge is 0.476 e. The van der Waals surface area contributed by atoms with Crippen LogP contribution in [0.15, 0.2) is 61.7 Å². The van der Waals surface area contributed by atoms with Crippen molar-refractivity contribution in [1.82, 2.24) is 9.97 Å². The molecule has 0 radical (unpaired) electrons. The van der Waals surface area contributed by atoms with Gasteiger partial charge in [0.15, 0.2) is 10.8 Å². The molecule has 4 aromatic rings. The van der Waals surface area contributed by atoms with Gasteiger partial charge in [-0.25, -0.2) is 19.6 Å². The number of carboxylic acids is 1. The number of carboxylic acid groups (broad SMARTS) is 1. The van der Waals surface area contributed by atoms with Crippen LogP contribution < -0.4 is 10.2 Å². The molecule has 1 aliphatic heterocycles. The predicted molar refractivity (Wildman–Crippen MR) is 147 cm³/mol. The van der Waals surface area contributed by atoms with Crippen molar-refractivity contribution < 1.29 is 14.7 Å². The van der Waals surface area contributed by atoms with E-state index in [0.717, 1.165) is 40.1 Å². The van der Waals surface area contributed by atoms with Crippen LogP contribution in [0, 0.1) is 0 Å². The van der Waals surface area contributed by atoms with Crippen LogP contribution in [0.1, 0.15) is 33.0 Å². The summed E-state index contributed by atoms with van der Waals surface area (Å²) in [6, 6.07) is 14.9. The van der Waals surface area contributed by atoms with Gasteiger partial charge in [0.05, 0.1) is 15.4 Å². The standard InChI is InChI=1S/C27H22N4O3S2/c1-3-19-21(4-2)35-26(28-19)30-27(34)31-14-8-11-16-12-13-18(15-20(16)31)24-29-22(25(32)33)23(36-24)17-9-6-5-7-10-17/h3-7,9-10,12-13,15H,1-2,8,11,14H2,(H,32,33)(H,28,30,34). The van der Waals surface area contributed by atoms with Gasteiger partial charge in [-0.05, 0) is 42.2 Å². The van der Waals surface area contributed by atoms with E-state index in [0.29, 0.717) is 27.3 Å². The average Bonchev–Trinajstić information content (AvgIpc) is 3.53. The molecule has 180 valence electrons. The third-order valence-corrected chi connectivity index (χ3v) is 7.97. The molecule has 2 amide bonds. The molecular weight excluding hydrogens is 492 g/mol. The van der Waals surface area contributed by atoms with Crippen LogP contribution in [0.4, 0.5) is 15.6 Å². The van der Waals surface area contributed by atoms with Gasteiger partial charge in [0.1, 0.15) is 5.01 Å². The number of aryl methyl sites for hydroxylation is 1. The van der Waals surface area contributed by atoms with Gasteiger partial charge in [0, 0.05) is 17.8 Å². The fourth-order valence-electron chi connectivity index (χ4n) is 4.14. The van der Waals surface area contributed by atoms with E-state index in [1.54, 1.807) is 17.1 Å². The van der Waals surface area contributed by atoms with Gasteiger partial charge in [-0.15, -0.1) is 11.3 Å². The van der Waals surface area contributed by atoms with Crippen LogP contribution in [-0.4, -0.2) is 33.6 Å². The van der Waals surface area contributed by atoms with Crippen molar-refractivity contribution in [3.05, 3.63) is 83.5 Å². The number of hydrogen-bond donors (Lipinski definition) is 2. The van der Waals surface area contributed by atoms with Gasteiger partial charge in [0.2, 0.25) is 0 Å². The Morgan fingerprint density at radius 1 is 1.03 bits per heavy atom. The van der Waals surface area contributed by atoms with Gasteiger partial charge in [-0.3, -0.25) is 10.2 Å². The first-order valence-electron chi connectivity index (χ1n) is 11.3. The molecule has 2 N–H and O–H groups in total. The summed E-state index contributed by atoms with van der Waals surface area (Å²) < 4.78 is 0. The Labute approximate surface area is 216 Å².